The normalized spacial score (nSPS) is 17.3. The Bertz CT molecular complexity index is 736. The molecule has 7 nitrogen and oxygen atoms in total. The van der Waals surface area contributed by atoms with Crippen molar-refractivity contribution in [1.82, 2.24) is 9.21 Å². The Morgan fingerprint density at radius 2 is 1.65 bits per heavy atom. The van der Waals surface area contributed by atoms with Crippen molar-refractivity contribution in [3.8, 4) is 0 Å². The fraction of sp³-hybridized carbons (Fsp3) is 0.556. The van der Waals surface area contributed by atoms with Crippen molar-refractivity contribution in [3.05, 3.63) is 35.9 Å². The standard InChI is InChI=1S/C18H26N2O5S/c1-3-20(4-2)26(24,25)14-16(21)19-12-10-18(11-13-19,17(22)23)15-8-6-5-7-9-15/h5-9H,3-4,10-14H2,1-2H3,(H,22,23). The van der Waals surface area contributed by atoms with E-state index < -0.39 is 33.1 Å². The summed E-state index contributed by atoms with van der Waals surface area (Å²) < 4.78 is 25.8. The molecule has 26 heavy (non-hydrogen) atoms. The summed E-state index contributed by atoms with van der Waals surface area (Å²) in [5.74, 6) is -1.95. The maximum Gasteiger partial charge on any atom is 0.314 e. The summed E-state index contributed by atoms with van der Waals surface area (Å²) in [5.41, 5.74) is -0.314. The van der Waals surface area contributed by atoms with Crippen molar-refractivity contribution < 1.29 is 23.1 Å². The third-order valence-corrected chi connectivity index (χ3v) is 7.03. The van der Waals surface area contributed by atoms with Crippen LogP contribution in [0.4, 0.5) is 0 Å². The second kappa shape index (κ2) is 8.18. The van der Waals surface area contributed by atoms with Gasteiger partial charge in [-0.05, 0) is 18.4 Å². The lowest BCUT2D eigenvalue weighted by molar-refractivity contribution is -0.148. The maximum absolute atomic E-state index is 12.4. The van der Waals surface area contributed by atoms with Gasteiger partial charge in [-0.1, -0.05) is 44.2 Å². The third-order valence-electron chi connectivity index (χ3n) is 5.11. The average molecular weight is 382 g/mol. The van der Waals surface area contributed by atoms with Crippen LogP contribution in [0.2, 0.25) is 0 Å². The first-order chi connectivity index (χ1) is 12.3. The van der Waals surface area contributed by atoms with Gasteiger partial charge in [0.25, 0.3) is 0 Å². The summed E-state index contributed by atoms with van der Waals surface area (Å²) in [6, 6.07) is 9.01. The zero-order valence-electron chi connectivity index (χ0n) is 15.2. The molecule has 144 valence electrons. The molecule has 1 amide bonds. The number of hydrogen-bond acceptors (Lipinski definition) is 4. The molecular weight excluding hydrogens is 356 g/mol. The van der Waals surface area contributed by atoms with Gasteiger partial charge in [-0.15, -0.1) is 0 Å². The van der Waals surface area contributed by atoms with Crippen LogP contribution >= 0.6 is 0 Å². The van der Waals surface area contributed by atoms with Crippen LogP contribution < -0.4 is 0 Å². The molecular formula is C18H26N2O5S. The Morgan fingerprint density at radius 1 is 1.12 bits per heavy atom. The molecule has 0 bridgehead atoms. The van der Waals surface area contributed by atoms with Crippen molar-refractivity contribution in [2.45, 2.75) is 32.1 Å². The van der Waals surface area contributed by atoms with Crippen molar-refractivity contribution in [2.75, 3.05) is 31.9 Å². The van der Waals surface area contributed by atoms with E-state index in [0.29, 0.717) is 13.1 Å². The van der Waals surface area contributed by atoms with Gasteiger partial charge < -0.3 is 10.0 Å². The summed E-state index contributed by atoms with van der Waals surface area (Å²) in [7, 11) is -3.64. The van der Waals surface area contributed by atoms with Crippen LogP contribution in [0.25, 0.3) is 0 Å². The van der Waals surface area contributed by atoms with Gasteiger partial charge in [0.2, 0.25) is 15.9 Å². The Morgan fingerprint density at radius 3 is 2.12 bits per heavy atom. The zero-order chi connectivity index (χ0) is 19.4. The molecule has 1 fully saturated rings. The number of carboxylic acid groups (broad SMARTS) is 1. The molecule has 1 aliphatic heterocycles. The van der Waals surface area contributed by atoms with Crippen molar-refractivity contribution in [2.24, 2.45) is 0 Å². The van der Waals surface area contributed by atoms with E-state index in [9.17, 15) is 23.1 Å². The quantitative estimate of drug-likeness (QED) is 0.767. The maximum atomic E-state index is 12.4. The van der Waals surface area contributed by atoms with E-state index >= 15 is 0 Å². The highest BCUT2D eigenvalue weighted by atomic mass is 32.2. The summed E-state index contributed by atoms with van der Waals surface area (Å²) in [4.78, 5) is 25.8. The topological polar surface area (TPSA) is 95.0 Å². The minimum Gasteiger partial charge on any atom is -0.481 e. The lowest BCUT2D eigenvalue weighted by Gasteiger charge is -2.39. The van der Waals surface area contributed by atoms with Gasteiger partial charge in [0.15, 0.2) is 0 Å². The second-order valence-electron chi connectivity index (χ2n) is 6.47. The Hall–Kier alpha value is -1.93. The summed E-state index contributed by atoms with van der Waals surface area (Å²) >= 11 is 0. The number of sulfonamides is 1. The van der Waals surface area contributed by atoms with E-state index in [1.54, 1.807) is 38.1 Å². The van der Waals surface area contributed by atoms with Gasteiger partial charge in [0.05, 0.1) is 5.41 Å². The Kier molecular flexibility index (Phi) is 6.41. The number of carbonyl (C=O) groups excluding carboxylic acids is 1. The molecule has 0 atom stereocenters. The minimum atomic E-state index is -3.64. The van der Waals surface area contributed by atoms with Crippen LogP contribution in [0, 0.1) is 0 Å². The van der Waals surface area contributed by atoms with Crippen molar-refractivity contribution >= 4 is 21.9 Å². The first-order valence-electron chi connectivity index (χ1n) is 8.81. The lowest BCUT2D eigenvalue weighted by atomic mass is 9.73. The molecule has 1 N–H and O–H groups in total. The molecule has 1 aromatic carbocycles. The van der Waals surface area contributed by atoms with Crippen LogP contribution in [0.3, 0.4) is 0 Å². The van der Waals surface area contributed by atoms with E-state index in [2.05, 4.69) is 0 Å². The molecule has 0 aliphatic carbocycles. The molecule has 0 unspecified atom stereocenters. The van der Waals surface area contributed by atoms with Crippen molar-refractivity contribution in [1.29, 1.82) is 0 Å². The van der Waals surface area contributed by atoms with Gasteiger partial charge in [-0.25, -0.2) is 12.7 Å². The number of carbonyl (C=O) groups is 2. The fourth-order valence-electron chi connectivity index (χ4n) is 3.48. The third kappa shape index (κ3) is 4.07. The van der Waals surface area contributed by atoms with Crippen LogP contribution in [0.5, 0.6) is 0 Å². The lowest BCUT2D eigenvalue weighted by Crippen LogP contribution is -2.51. The van der Waals surface area contributed by atoms with E-state index in [4.69, 9.17) is 0 Å². The molecule has 0 aromatic heterocycles. The van der Waals surface area contributed by atoms with E-state index in [1.807, 2.05) is 6.07 Å². The Labute approximate surface area is 154 Å². The number of amides is 1. The highest BCUT2D eigenvalue weighted by molar-refractivity contribution is 7.89. The van der Waals surface area contributed by atoms with Crippen LogP contribution in [0.1, 0.15) is 32.3 Å². The number of rotatable bonds is 7. The average Bonchev–Trinajstić information content (AvgIpc) is 2.62. The monoisotopic (exact) mass is 382 g/mol. The number of carboxylic acids is 1. The number of piperidine rings is 1. The predicted octanol–water partition coefficient (Wildman–Crippen LogP) is 1.30. The van der Waals surface area contributed by atoms with E-state index in [0.717, 1.165) is 5.56 Å². The molecule has 0 saturated carbocycles. The largest absolute Gasteiger partial charge is 0.481 e. The van der Waals surface area contributed by atoms with Gasteiger partial charge in [-0.3, -0.25) is 9.59 Å². The predicted molar refractivity (Wildman–Crippen MR) is 98.3 cm³/mol. The van der Waals surface area contributed by atoms with Crippen LogP contribution in [-0.2, 0) is 25.0 Å². The van der Waals surface area contributed by atoms with Crippen LogP contribution in [0.15, 0.2) is 30.3 Å². The highest BCUT2D eigenvalue weighted by Crippen LogP contribution is 2.36. The van der Waals surface area contributed by atoms with Gasteiger partial charge >= 0.3 is 5.97 Å². The first-order valence-corrected chi connectivity index (χ1v) is 10.4. The molecule has 1 saturated heterocycles. The number of hydrogen-bond donors (Lipinski definition) is 1. The smallest absolute Gasteiger partial charge is 0.314 e. The van der Waals surface area contributed by atoms with Gasteiger partial charge in [0, 0.05) is 26.2 Å². The molecule has 0 radical (unpaired) electrons. The van der Waals surface area contributed by atoms with Gasteiger partial charge in [0.1, 0.15) is 5.75 Å². The van der Waals surface area contributed by atoms with Crippen LogP contribution in [-0.4, -0.2) is 66.5 Å². The number of nitrogens with zero attached hydrogens (tertiary/aromatic N) is 2. The molecule has 0 spiro atoms. The molecule has 1 aliphatic rings. The fourth-order valence-corrected chi connectivity index (χ4v) is 4.94. The number of benzene rings is 1. The number of aliphatic carboxylic acids is 1. The summed E-state index contributed by atoms with van der Waals surface area (Å²) in [6.07, 6.45) is 0.535. The molecule has 1 aromatic rings. The second-order valence-corrected chi connectivity index (χ2v) is 8.44. The SMILES string of the molecule is CCN(CC)S(=O)(=O)CC(=O)N1CCC(C(=O)O)(c2ccccc2)CC1. The minimum absolute atomic E-state index is 0.230. The Balaban J connectivity index is 2.09. The molecule has 8 heteroatoms. The molecule has 1 heterocycles. The van der Waals surface area contributed by atoms with Gasteiger partial charge in [-0.2, -0.15) is 0 Å². The number of likely N-dealkylation sites (tertiary alicyclic amines) is 1. The van der Waals surface area contributed by atoms with Crippen molar-refractivity contribution in [3.63, 3.8) is 0 Å². The molecule has 2 rings (SSSR count). The zero-order valence-corrected chi connectivity index (χ0v) is 16.0. The van der Waals surface area contributed by atoms with E-state index in [1.165, 1.54) is 9.21 Å². The highest BCUT2D eigenvalue weighted by Gasteiger charge is 2.44. The van der Waals surface area contributed by atoms with E-state index in [-0.39, 0.29) is 25.9 Å². The summed E-state index contributed by atoms with van der Waals surface area (Å²) in [5, 5.41) is 9.78. The summed E-state index contributed by atoms with van der Waals surface area (Å²) in [6.45, 7) is 4.56. The first kappa shape index (κ1) is 20.4.